The van der Waals surface area contributed by atoms with Gasteiger partial charge in [0.15, 0.2) is 0 Å². The van der Waals surface area contributed by atoms with Gasteiger partial charge in [0, 0.05) is 29.7 Å². The number of carboxylic acid groups (broad SMARTS) is 1. The average Bonchev–Trinajstić information content (AvgIpc) is 2.92. The lowest BCUT2D eigenvalue weighted by atomic mass is 10.1. The molecule has 0 atom stereocenters. The fourth-order valence-corrected chi connectivity index (χ4v) is 3.64. The minimum atomic E-state index is -1.33. The third-order valence-electron chi connectivity index (χ3n) is 3.38. The van der Waals surface area contributed by atoms with Crippen molar-refractivity contribution in [2.45, 2.75) is 0 Å². The van der Waals surface area contributed by atoms with E-state index >= 15 is 0 Å². The Kier molecular flexibility index (Phi) is 3.76. The maximum atomic E-state index is 12.3. The van der Waals surface area contributed by atoms with Crippen molar-refractivity contribution in [1.82, 2.24) is 9.47 Å². The second-order valence-electron chi connectivity index (χ2n) is 4.85. The molecule has 2 heterocycles. The van der Waals surface area contributed by atoms with E-state index in [9.17, 15) is 14.7 Å². The van der Waals surface area contributed by atoms with Gasteiger partial charge in [0.25, 0.3) is 5.91 Å². The molecule has 1 aliphatic rings. The lowest BCUT2D eigenvalue weighted by Gasteiger charge is -2.14. The van der Waals surface area contributed by atoms with E-state index in [1.807, 2.05) is 42.1 Å². The predicted octanol–water partition coefficient (Wildman–Crippen LogP) is 1.13. The first-order chi connectivity index (χ1) is 10.5. The summed E-state index contributed by atoms with van der Waals surface area (Å²) in [6.07, 6.45) is 3.67. The van der Waals surface area contributed by atoms with Gasteiger partial charge in [-0.2, -0.15) is 0 Å². The molecular formula is C15H11N2O3S2-. The molecule has 0 spiro atoms. The molecule has 3 rings (SSSR count). The quantitative estimate of drug-likeness (QED) is 0.623. The summed E-state index contributed by atoms with van der Waals surface area (Å²) in [7, 11) is 1.93. The van der Waals surface area contributed by atoms with Crippen LogP contribution in [-0.2, 0) is 16.6 Å². The first-order valence-corrected chi connectivity index (χ1v) is 7.69. The van der Waals surface area contributed by atoms with Crippen molar-refractivity contribution in [2.75, 3.05) is 6.54 Å². The lowest BCUT2D eigenvalue weighted by molar-refractivity contribution is -0.305. The van der Waals surface area contributed by atoms with Gasteiger partial charge in [-0.25, -0.2) is 0 Å². The maximum absolute atomic E-state index is 12.3. The minimum Gasteiger partial charge on any atom is -0.548 e. The van der Waals surface area contributed by atoms with Crippen LogP contribution >= 0.6 is 24.0 Å². The fraction of sp³-hybridized carbons (Fsp3) is 0.133. The van der Waals surface area contributed by atoms with Gasteiger partial charge < -0.3 is 14.5 Å². The van der Waals surface area contributed by atoms with Crippen molar-refractivity contribution in [3.05, 3.63) is 40.9 Å². The maximum Gasteiger partial charge on any atom is 0.266 e. The minimum absolute atomic E-state index is 0.237. The number of para-hydroxylation sites is 1. The van der Waals surface area contributed by atoms with Crippen molar-refractivity contribution in [2.24, 2.45) is 7.05 Å². The van der Waals surface area contributed by atoms with Gasteiger partial charge in [0.05, 0.1) is 17.4 Å². The van der Waals surface area contributed by atoms with Gasteiger partial charge in [-0.3, -0.25) is 9.69 Å². The molecule has 112 valence electrons. The summed E-state index contributed by atoms with van der Waals surface area (Å²) >= 11 is 6.17. The number of benzene rings is 1. The van der Waals surface area contributed by atoms with Gasteiger partial charge in [-0.1, -0.05) is 42.2 Å². The molecule has 0 aliphatic carbocycles. The number of carbonyl (C=O) groups is 2. The fourth-order valence-electron chi connectivity index (χ4n) is 2.39. The van der Waals surface area contributed by atoms with Crippen LogP contribution in [0.1, 0.15) is 5.56 Å². The van der Waals surface area contributed by atoms with E-state index in [2.05, 4.69) is 0 Å². The summed E-state index contributed by atoms with van der Waals surface area (Å²) in [6, 6.07) is 7.85. The number of thiocarbonyl (C=S) groups is 1. The van der Waals surface area contributed by atoms with Crippen LogP contribution in [0.25, 0.3) is 17.0 Å². The molecule has 1 amide bonds. The monoisotopic (exact) mass is 331 g/mol. The molecular weight excluding hydrogens is 320 g/mol. The molecule has 5 nitrogen and oxygen atoms in total. The predicted molar refractivity (Wildman–Crippen MR) is 87.8 cm³/mol. The number of rotatable bonds is 3. The highest BCUT2D eigenvalue weighted by atomic mass is 32.2. The number of hydrogen-bond donors (Lipinski definition) is 0. The molecule has 2 aromatic rings. The van der Waals surface area contributed by atoms with Gasteiger partial charge in [-0.05, 0) is 12.1 Å². The highest BCUT2D eigenvalue weighted by Gasteiger charge is 2.32. The van der Waals surface area contributed by atoms with Crippen molar-refractivity contribution in [3.63, 3.8) is 0 Å². The van der Waals surface area contributed by atoms with E-state index in [0.29, 0.717) is 4.91 Å². The molecule has 1 fully saturated rings. The van der Waals surface area contributed by atoms with Crippen LogP contribution < -0.4 is 5.11 Å². The van der Waals surface area contributed by atoms with Crippen LogP contribution in [0.3, 0.4) is 0 Å². The number of carboxylic acids is 1. The third kappa shape index (κ3) is 2.53. The summed E-state index contributed by atoms with van der Waals surface area (Å²) in [5.74, 6) is -1.73. The zero-order valence-corrected chi connectivity index (χ0v) is 13.2. The van der Waals surface area contributed by atoms with Crippen LogP contribution in [0, 0.1) is 0 Å². The van der Waals surface area contributed by atoms with Crippen molar-refractivity contribution in [1.29, 1.82) is 0 Å². The summed E-state index contributed by atoms with van der Waals surface area (Å²) in [5.41, 5.74) is 1.95. The van der Waals surface area contributed by atoms with Crippen LogP contribution in [-0.4, -0.2) is 32.2 Å². The second kappa shape index (κ2) is 5.58. The van der Waals surface area contributed by atoms with E-state index in [1.54, 1.807) is 6.08 Å². The Morgan fingerprint density at radius 3 is 2.86 bits per heavy atom. The summed E-state index contributed by atoms with van der Waals surface area (Å²) in [6.45, 7) is -0.516. The molecule has 0 bridgehead atoms. The molecule has 0 N–H and O–H groups in total. The Morgan fingerprint density at radius 1 is 1.41 bits per heavy atom. The SMILES string of the molecule is Cn1cc(/C=C2/SC(=S)N(CC(=O)[O-])C2=O)c2ccccc21. The second-order valence-corrected chi connectivity index (χ2v) is 6.53. The molecule has 1 aromatic carbocycles. The number of hydrogen-bond acceptors (Lipinski definition) is 5. The number of aliphatic carboxylic acids is 1. The van der Waals surface area contributed by atoms with E-state index in [1.165, 1.54) is 0 Å². The van der Waals surface area contributed by atoms with E-state index in [4.69, 9.17) is 12.2 Å². The Labute approximate surface area is 136 Å². The van der Waals surface area contributed by atoms with Gasteiger partial charge in [-0.15, -0.1) is 0 Å². The molecule has 1 aromatic heterocycles. The third-order valence-corrected chi connectivity index (χ3v) is 4.75. The Bertz CT molecular complexity index is 838. The first-order valence-electron chi connectivity index (χ1n) is 6.46. The molecule has 7 heteroatoms. The zero-order valence-electron chi connectivity index (χ0n) is 11.6. The molecule has 1 saturated heterocycles. The molecule has 0 saturated carbocycles. The van der Waals surface area contributed by atoms with Crippen LogP contribution in [0.4, 0.5) is 0 Å². The number of aromatic nitrogens is 1. The van der Waals surface area contributed by atoms with Gasteiger partial charge in [0.2, 0.25) is 0 Å². The number of thioether (sulfide) groups is 1. The van der Waals surface area contributed by atoms with Gasteiger partial charge in [0.1, 0.15) is 4.32 Å². The Morgan fingerprint density at radius 2 is 2.14 bits per heavy atom. The molecule has 1 aliphatic heterocycles. The van der Waals surface area contributed by atoms with Crippen LogP contribution in [0.5, 0.6) is 0 Å². The van der Waals surface area contributed by atoms with Crippen molar-refractivity contribution >= 4 is 57.2 Å². The zero-order chi connectivity index (χ0) is 15.9. The smallest absolute Gasteiger partial charge is 0.266 e. The van der Waals surface area contributed by atoms with Gasteiger partial charge >= 0.3 is 0 Å². The lowest BCUT2D eigenvalue weighted by Crippen LogP contribution is -2.40. The largest absolute Gasteiger partial charge is 0.548 e. The summed E-state index contributed by atoms with van der Waals surface area (Å²) in [4.78, 5) is 24.4. The van der Waals surface area contributed by atoms with E-state index < -0.39 is 18.4 Å². The first kappa shape index (κ1) is 14.8. The number of nitrogens with zero attached hydrogens (tertiary/aromatic N) is 2. The molecule has 22 heavy (non-hydrogen) atoms. The highest BCUT2D eigenvalue weighted by molar-refractivity contribution is 8.26. The average molecular weight is 331 g/mol. The Hall–Kier alpha value is -2.12. The Balaban J connectivity index is 2.00. The summed E-state index contributed by atoms with van der Waals surface area (Å²) < 4.78 is 2.21. The summed E-state index contributed by atoms with van der Waals surface area (Å²) in [5, 5.41) is 11.7. The molecule has 0 unspecified atom stereocenters. The number of carbonyl (C=O) groups excluding carboxylic acids is 2. The van der Waals surface area contributed by atoms with Crippen LogP contribution in [0.15, 0.2) is 35.4 Å². The van der Waals surface area contributed by atoms with Crippen molar-refractivity contribution in [3.8, 4) is 0 Å². The van der Waals surface area contributed by atoms with Crippen LogP contribution in [0.2, 0.25) is 0 Å². The molecule has 0 radical (unpaired) electrons. The topological polar surface area (TPSA) is 65.4 Å². The van der Waals surface area contributed by atoms with E-state index in [-0.39, 0.29) is 4.32 Å². The standard InChI is InChI=1S/C15H12N2O3S2/c1-16-7-9(10-4-2-3-5-11(10)16)6-12-14(20)17(8-13(18)19)15(21)22-12/h2-7H,8H2,1H3,(H,18,19)/p-1/b12-6+. The number of aryl methyl sites for hydroxylation is 1. The highest BCUT2D eigenvalue weighted by Crippen LogP contribution is 2.33. The number of amides is 1. The van der Waals surface area contributed by atoms with Crippen molar-refractivity contribution < 1.29 is 14.7 Å². The number of fused-ring (bicyclic) bond motifs is 1. The van der Waals surface area contributed by atoms with E-state index in [0.717, 1.165) is 33.1 Å². The normalized spacial score (nSPS) is 17.0.